The van der Waals surface area contributed by atoms with E-state index in [0.717, 1.165) is 12.8 Å². The third kappa shape index (κ3) is 2.21. The number of hydrogen-bond acceptors (Lipinski definition) is 1. The third-order valence-electron chi connectivity index (χ3n) is 4.96. The van der Waals surface area contributed by atoms with Gasteiger partial charge in [-0.1, -0.05) is 38.1 Å². The van der Waals surface area contributed by atoms with E-state index in [4.69, 9.17) is 0 Å². The molecule has 1 N–H and O–H groups in total. The Balaban J connectivity index is 1.85. The van der Waals surface area contributed by atoms with Crippen LogP contribution in [0.3, 0.4) is 0 Å². The van der Waals surface area contributed by atoms with Gasteiger partial charge in [-0.3, -0.25) is 0 Å². The molecule has 0 aliphatic heterocycles. The number of benzene rings is 1. The summed E-state index contributed by atoms with van der Waals surface area (Å²) in [5.74, 6) is 0.666. The van der Waals surface area contributed by atoms with Crippen LogP contribution in [0.25, 0.3) is 0 Å². The normalized spacial score (nSPS) is 25.9. The molecule has 0 saturated heterocycles. The Hall–Kier alpha value is -0.820. The summed E-state index contributed by atoms with van der Waals surface area (Å²) in [5.41, 5.74) is 2.67. The first-order valence-corrected chi connectivity index (χ1v) is 7.32. The van der Waals surface area contributed by atoms with Crippen LogP contribution in [-0.2, 0) is 5.60 Å². The Morgan fingerprint density at radius 2 is 1.61 bits per heavy atom. The highest BCUT2D eigenvalue weighted by molar-refractivity contribution is 5.38. The van der Waals surface area contributed by atoms with Gasteiger partial charge in [-0.05, 0) is 61.0 Å². The van der Waals surface area contributed by atoms with Crippen molar-refractivity contribution in [2.45, 2.75) is 63.9 Å². The van der Waals surface area contributed by atoms with Crippen molar-refractivity contribution in [2.24, 2.45) is 5.41 Å². The molecule has 0 unspecified atom stereocenters. The lowest BCUT2D eigenvalue weighted by molar-refractivity contribution is 0.148. The average molecular weight is 244 g/mol. The van der Waals surface area contributed by atoms with Gasteiger partial charge in [0.25, 0.3) is 0 Å². The second-order valence-electron chi connectivity index (χ2n) is 7.06. The maximum Gasteiger partial charge on any atom is 0.0901 e. The molecule has 1 nitrogen and oxygen atoms in total. The monoisotopic (exact) mass is 244 g/mol. The zero-order valence-corrected chi connectivity index (χ0v) is 11.6. The van der Waals surface area contributed by atoms with Crippen LogP contribution in [0, 0.1) is 5.41 Å². The van der Waals surface area contributed by atoms with E-state index >= 15 is 0 Å². The molecule has 0 bridgehead atoms. The summed E-state index contributed by atoms with van der Waals surface area (Å²) in [6.45, 7) is 4.76. The van der Waals surface area contributed by atoms with E-state index in [1.165, 1.54) is 36.8 Å². The van der Waals surface area contributed by atoms with E-state index < -0.39 is 5.60 Å². The van der Waals surface area contributed by atoms with Crippen molar-refractivity contribution in [1.82, 2.24) is 0 Å². The van der Waals surface area contributed by atoms with Gasteiger partial charge in [-0.25, -0.2) is 0 Å². The summed E-state index contributed by atoms with van der Waals surface area (Å²) in [6.07, 6.45) is 7.07. The van der Waals surface area contributed by atoms with Crippen molar-refractivity contribution in [3.05, 3.63) is 35.4 Å². The van der Waals surface area contributed by atoms with Crippen LogP contribution in [0.5, 0.6) is 0 Å². The minimum Gasteiger partial charge on any atom is -0.385 e. The molecule has 1 heteroatoms. The standard InChI is InChI=1S/C17H24O/c1-16(2)9-7-13(8-10-16)14-5-3-4-6-15(14)17(18)11-12-17/h3-6,13,18H,7-12H2,1-2H3. The fourth-order valence-corrected chi connectivity index (χ4v) is 3.37. The summed E-state index contributed by atoms with van der Waals surface area (Å²) in [7, 11) is 0. The summed E-state index contributed by atoms with van der Waals surface area (Å²) in [4.78, 5) is 0. The lowest BCUT2D eigenvalue weighted by Gasteiger charge is -2.35. The molecule has 2 aliphatic rings. The first kappa shape index (κ1) is 12.2. The summed E-state index contributed by atoms with van der Waals surface area (Å²) >= 11 is 0. The first-order valence-electron chi connectivity index (χ1n) is 7.32. The van der Waals surface area contributed by atoms with Gasteiger partial charge in [0.1, 0.15) is 0 Å². The summed E-state index contributed by atoms with van der Waals surface area (Å²) in [6, 6.07) is 8.59. The molecule has 18 heavy (non-hydrogen) atoms. The molecule has 0 amide bonds. The molecule has 0 heterocycles. The zero-order valence-electron chi connectivity index (χ0n) is 11.6. The Morgan fingerprint density at radius 3 is 2.22 bits per heavy atom. The van der Waals surface area contributed by atoms with Crippen molar-refractivity contribution in [2.75, 3.05) is 0 Å². The minimum atomic E-state index is -0.483. The molecule has 1 aromatic carbocycles. The maximum atomic E-state index is 10.4. The van der Waals surface area contributed by atoms with Crippen molar-refractivity contribution >= 4 is 0 Å². The van der Waals surface area contributed by atoms with Crippen LogP contribution in [-0.4, -0.2) is 5.11 Å². The molecule has 0 aromatic heterocycles. The molecule has 98 valence electrons. The van der Waals surface area contributed by atoms with E-state index in [1.807, 2.05) is 0 Å². The molecule has 0 spiro atoms. The third-order valence-corrected chi connectivity index (χ3v) is 4.96. The molecule has 0 radical (unpaired) electrons. The molecule has 2 fully saturated rings. The SMILES string of the molecule is CC1(C)CCC(c2ccccc2C2(O)CC2)CC1. The van der Waals surface area contributed by atoms with Crippen LogP contribution < -0.4 is 0 Å². The van der Waals surface area contributed by atoms with E-state index in [2.05, 4.69) is 38.1 Å². The molecule has 2 saturated carbocycles. The highest BCUT2D eigenvalue weighted by Gasteiger charge is 2.44. The predicted molar refractivity (Wildman–Crippen MR) is 74.6 cm³/mol. The van der Waals surface area contributed by atoms with Gasteiger partial charge in [-0.15, -0.1) is 0 Å². The van der Waals surface area contributed by atoms with E-state index in [-0.39, 0.29) is 0 Å². The second kappa shape index (κ2) is 4.09. The minimum absolute atomic E-state index is 0.483. The van der Waals surface area contributed by atoms with Crippen LogP contribution in [0.2, 0.25) is 0 Å². The largest absolute Gasteiger partial charge is 0.385 e. The van der Waals surface area contributed by atoms with Crippen LogP contribution in [0.15, 0.2) is 24.3 Å². The molecule has 1 aromatic rings. The van der Waals surface area contributed by atoms with Crippen LogP contribution in [0.1, 0.15) is 69.4 Å². The fraction of sp³-hybridized carbons (Fsp3) is 0.647. The van der Waals surface area contributed by atoms with E-state index in [9.17, 15) is 5.11 Å². The van der Waals surface area contributed by atoms with Crippen molar-refractivity contribution in [3.8, 4) is 0 Å². The first-order chi connectivity index (χ1) is 8.50. The molecule has 3 rings (SSSR count). The van der Waals surface area contributed by atoms with Gasteiger partial charge < -0.3 is 5.11 Å². The Kier molecular flexibility index (Phi) is 2.78. The number of aliphatic hydroxyl groups is 1. The van der Waals surface area contributed by atoms with Crippen LogP contribution >= 0.6 is 0 Å². The Morgan fingerprint density at radius 1 is 1.00 bits per heavy atom. The van der Waals surface area contributed by atoms with Gasteiger partial charge in [0, 0.05) is 0 Å². The molecular formula is C17H24O. The topological polar surface area (TPSA) is 20.2 Å². The van der Waals surface area contributed by atoms with Crippen molar-refractivity contribution in [3.63, 3.8) is 0 Å². The van der Waals surface area contributed by atoms with Gasteiger partial charge in [0.05, 0.1) is 5.60 Å². The van der Waals surface area contributed by atoms with Gasteiger partial charge >= 0.3 is 0 Å². The summed E-state index contributed by atoms with van der Waals surface area (Å²) < 4.78 is 0. The van der Waals surface area contributed by atoms with Gasteiger partial charge in [0.15, 0.2) is 0 Å². The smallest absolute Gasteiger partial charge is 0.0901 e. The van der Waals surface area contributed by atoms with Crippen molar-refractivity contribution in [1.29, 1.82) is 0 Å². The lowest BCUT2D eigenvalue weighted by atomic mass is 9.70. The maximum absolute atomic E-state index is 10.4. The summed E-state index contributed by atoms with van der Waals surface area (Å²) in [5, 5.41) is 10.4. The number of hydrogen-bond donors (Lipinski definition) is 1. The Bertz CT molecular complexity index is 433. The molecule has 0 atom stereocenters. The average Bonchev–Trinajstić information content (AvgIpc) is 3.09. The van der Waals surface area contributed by atoms with E-state index in [1.54, 1.807) is 0 Å². The van der Waals surface area contributed by atoms with Gasteiger partial charge in [-0.2, -0.15) is 0 Å². The predicted octanol–water partition coefficient (Wildman–Crippen LogP) is 4.35. The molecular weight excluding hydrogens is 220 g/mol. The number of rotatable bonds is 2. The van der Waals surface area contributed by atoms with Gasteiger partial charge in [0.2, 0.25) is 0 Å². The Labute approximate surface area is 110 Å². The zero-order chi connectivity index (χ0) is 12.8. The highest BCUT2D eigenvalue weighted by Crippen LogP contribution is 2.50. The fourth-order valence-electron chi connectivity index (χ4n) is 3.37. The lowest BCUT2D eigenvalue weighted by Crippen LogP contribution is -2.22. The van der Waals surface area contributed by atoms with E-state index in [0.29, 0.717) is 11.3 Å². The van der Waals surface area contributed by atoms with Crippen LogP contribution in [0.4, 0.5) is 0 Å². The highest BCUT2D eigenvalue weighted by atomic mass is 16.3. The quantitative estimate of drug-likeness (QED) is 0.820. The second-order valence-corrected chi connectivity index (χ2v) is 7.06. The van der Waals surface area contributed by atoms with Crippen molar-refractivity contribution < 1.29 is 5.11 Å². The molecule has 2 aliphatic carbocycles.